The first-order valence-corrected chi connectivity index (χ1v) is 6.03. The molecule has 0 spiro atoms. The van der Waals surface area contributed by atoms with Gasteiger partial charge in [-0.2, -0.15) is 0 Å². The van der Waals surface area contributed by atoms with Crippen molar-refractivity contribution in [2.75, 3.05) is 19.8 Å². The van der Waals surface area contributed by atoms with Gasteiger partial charge in [-0.25, -0.2) is 4.79 Å². The van der Waals surface area contributed by atoms with E-state index >= 15 is 0 Å². The van der Waals surface area contributed by atoms with Crippen LogP contribution in [0.15, 0.2) is 11.6 Å². The maximum atomic E-state index is 12.1. The molecule has 0 radical (unpaired) electrons. The van der Waals surface area contributed by atoms with Crippen molar-refractivity contribution in [2.45, 2.75) is 33.7 Å². The fraction of sp³-hybridized carbons (Fsp3) is 0.692. The summed E-state index contributed by atoms with van der Waals surface area (Å²) in [4.78, 5) is 24.5. The van der Waals surface area contributed by atoms with Gasteiger partial charge in [0.25, 0.3) is 0 Å². The molecular weight excluding hydrogens is 234 g/mol. The summed E-state index contributed by atoms with van der Waals surface area (Å²) >= 11 is 0. The minimum atomic E-state index is -1.02. The number of carboxylic acids is 1. The number of aliphatic carboxylic acids is 1. The van der Waals surface area contributed by atoms with Gasteiger partial charge >= 0.3 is 5.97 Å². The smallest absolute Gasteiger partial charge is 0.328 e. The molecule has 5 nitrogen and oxygen atoms in total. The summed E-state index contributed by atoms with van der Waals surface area (Å²) in [5, 5.41) is 9.06. The van der Waals surface area contributed by atoms with Gasteiger partial charge in [-0.15, -0.1) is 0 Å². The number of morpholine rings is 1. The minimum Gasteiger partial charge on any atom is -0.480 e. The lowest BCUT2D eigenvalue weighted by atomic mass is 9.87. The zero-order valence-corrected chi connectivity index (χ0v) is 11.4. The molecule has 0 saturated carbocycles. The van der Waals surface area contributed by atoms with Crippen molar-refractivity contribution in [3.05, 3.63) is 11.6 Å². The van der Waals surface area contributed by atoms with Gasteiger partial charge in [0.2, 0.25) is 5.91 Å². The number of carboxylic acid groups (broad SMARTS) is 1. The maximum Gasteiger partial charge on any atom is 0.328 e. The standard InChI is InChI=1S/C13H21NO4/c1-9(13(2,3)4)7-11(15)14-5-6-18-8-10(14)12(16)17/h7,10H,5-6,8H2,1-4H3,(H,16,17)/b9-7+/t10-/m1/s1. The Morgan fingerprint density at radius 1 is 1.39 bits per heavy atom. The van der Waals surface area contributed by atoms with Crippen LogP contribution in [0.4, 0.5) is 0 Å². The predicted octanol–water partition coefficient (Wildman–Crippen LogP) is 1.29. The van der Waals surface area contributed by atoms with Gasteiger partial charge in [0.05, 0.1) is 13.2 Å². The number of nitrogens with zero attached hydrogens (tertiary/aromatic N) is 1. The van der Waals surface area contributed by atoms with E-state index in [0.29, 0.717) is 13.2 Å². The molecule has 0 bridgehead atoms. The Morgan fingerprint density at radius 3 is 2.50 bits per heavy atom. The third-order valence-corrected chi connectivity index (χ3v) is 3.22. The van der Waals surface area contributed by atoms with Gasteiger partial charge in [0.1, 0.15) is 0 Å². The molecule has 102 valence electrons. The highest BCUT2D eigenvalue weighted by Gasteiger charge is 2.32. The van der Waals surface area contributed by atoms with E-state index < -0.39 is 12.0 Å². The average Bonchev–Trinajstić information content (AvgIpc) is 2.27. The zero-order valence-electron chi connectivity index (χ0n) is 11.4. The van der Waals surface area contributed by atoms with Gasteiger partial charge in [0, 0.05) is 12.6 Å². The summed E-state index contributed by atoms with van der Waals surface area (Å²) in [5.41, 5.74) is 0.837. The number of carbonyl (C=O) groups is 2. The summed E-state index contributed by atoms with van der Waals surface area (Å²) in [6, 6.07) is -0.879. The fourth-order valence-corrected chi connectivity index (χ4v) is 1.56. The Labute approximate surface area is 107 Å². The molecule has 0 aromatic rings. The van der Waals surface area contributed by atoms with Crippen LogP contribution in [-0.2, 0) is 14.3 Å². The van der Waals surface area contributed by atoms with Crippen molar-refractivity contribution < 1.29 is 19.4 Å². The average molecular weight is 255 g/mol. The van der Waals surface area contributed by atoms with E-state index in [2.05, 4.69) is 0 Å². The lowest BCUT2D eigenvalue weighted by Gasteiger charge is -2.32. The molecule has 1 rings (SSSR count). The highest BCUT2D eigenvalue weighted by atomic mass is 16.5. The van der Waals surface area contributed by atoms with Crippen LogP contribution in [0.2, 0.25) is 0 Å². The summed E-state index contributed by atoms with van der Waals surface area (Å²) in [5.74, 6) is -1.28. The minimum absolute atomic E-state index is 0.0590. The topological polar surface area (TPSA) is 66.8 Å². The predicted molar refractivity (Wildman–Crippen MR) is 67.2 cm³/mol. The number of hydrogen-bond acceptors (Lipinski definition) is 3. The summed E-state index contributed by atoms with van der Waals surface area (Å²) in [6.07, 6.45) is 1.53. The number of hydrogen-bond donors (Lipinski definition) is 1. The first-order valence-electron chi connectivity index (χ1n) is 6.03. The van der Waals surface area contributed by atoms with E-state index in [-0.39, 0.29) is 17.9 Å². The monoisotopic (exact) mass is 255 g/mol. The number of allylic oxidation sites excluding steroid dienone is 1. The van der Waals surface area contributed by atoms with Crippen molar-refractivity contribution >= 4 is 11.9 Å². The van der Waals surface area contributed by atoms with E-state index in [1.54, 1.807) is 0 Å². The third-order valence-electron chi connectivity index (χ3n) is 3.22. The summed E-state index contributed by atoms with van der Waals surface area (Å²) < 4.78 is 5.10. The highest BCUT2D eigenvalue weighted by molar-refractivity contribution is 5.92. The fourth-order valence-electron chi connectivity index (χ4n) is 1.56. The maximum absolute atomic E-state index is 12.1. The van der Waals surface area contributed by atoms with E-state index in [0.717, 1.165) is 5.57 Å². The third kappa shape index (κ3) is 3.57. The van der Waals surface area contributed by atoms with Crippen LogP contribution in [0.3, 0.4) is 0 Å². The lowest BCUT2D eigenvalue weighted by molar-refractivity contribution is -0.156. The van der Waals surface area contributed by atoms with Crippen LogP contribution in [0.25, 0.3) is 0 Å². The molecule has 1 aliphatic rings. The van der Waals surface area contributed by atoms with E-state index in [1.807, 2.05) is 27.7 Å². The molecule has 1 fully saturated rings. The first kappa shape index (κ1) is 14.7. The van der Waals surface area contributed by atoms with Gasteiger partial charge in [-0.3, -0.25) is 4.79 Å². The number of ether oxygens (including phenoxy) is 1. The molecule has 5 heteroatoms. The molecule has 0 unspecified atom stereocenters. The Balaban J connectivity index is 2.85. The lowest BCUT2D eigenvalue weighted by Crippen LogP contribution is -2.52. The summed E-state index contributed by atoms with van der Waals surface area (Å²) in [7, 11) is 0. The van der Waals surface area contributed by atoms with Crippen LogP contribution in [-0.4, -0.2) is 47.7 Å². The van der Waals surface area contributed by atoms with Crippen molar-refractivity contribution in [1.82, 2.24) is 4.90 Å². The van der Waals surface area contributed by atoms with Crippen LogP contribution in [0.1, 0.15) is 27.7 Å². The second-order valence-electron chi connectivity index (χ2n) is 5.54. The first-order chi connectivity index (χ1) is 8.23. The number of carbonyl (C=O) groups excluding carboxylic acids is 1. The van der Waals surface area contributed by atoms with Gasteiger partial charge in [-0.05, 0) is 12.3 Å². The largest absolute Gasteiger partial charge is 0.480 e. The Kier molecular flexibility index (Phi) is 4.51. The van der Waals surface area contributed by atoms with E-state index in [1.165, 1.54) is 11.0 Å². The van der Waals surface area contributed by atoms with Crippen LogP contribution < -0.4 is 0 Å². The van der Waals surface area contributed by atoms with Crippen molar-refractivity contribution in [3.63, 3.8) is 0 Å². The van der Waals surface area contributed by atoms with Crippen LogP contribution >= 0.6 is 0 Å². The van der Waals surface area contributed by atoms with Gasteiger partial charge < -0.3 is 14.7 Å². The van der Waals surface area contributed by atoms with Gasteiger partial charge in [0.15, 0.2) is 6.04 Å². The molecule has 0 aliphatic carbocycles. The van der Waals surface area contributed by atoms with Crippen molar-refractivity contribution in [1.29, 1.82) is 0 Å². The molecule has 1 aliphatic heterocycles. The SMILES string of the molecule is C/C(=C\C(=O)N1CCOC[C@@H]1C(=O)O)C(C)(C)C. The number of rotatable bonds is 2. The molecule has 1 atom stereocenters. The van der Waals surface area contributed by atoms with Crippen LogP contribution in [0, 0.1) is 5.41 Å². The Bertz CT molecular complexity index is 368. The zero-order chi connectivity index (χ0) is 13.9. The number of amides is 1. The summed E-state index contributed by atoms with van der Waals surface area (Å²) in [6.45, 7) is 8.69. The normalized spacial score (nSPS) is 21.9. The molecule has 0 aromatic heterocycles. The van der Waals surface area contributed by atoms with Crippen molar-refractivity contribution in [3.8, 4) is 0 Å². The van der Waals surface area contributed by atoms with E-state index in [4.69, 9.17) is 9.84 Å². The Morgan fingerprint density at radius 2 is 2.00 bits per heavy atom. The van der Waals surface area contributed by atoms with Crippen LogP contribution in [0.5, 0.6) is 0 Å². The molecule has 1 saturated heterocycles. The molecular formula is C13H21NO4. The van der Waals surface area contributed by atoms with Gasteiger partial charge in [-0.1, -0.05) is 26.3 Å². The Hall–Kier alpha value is -1.36. The molecule has 18 heavy (non-hydrogen) atoms. The van der Waals surface area contributed by atoms with E-state index in [9.17, 15) is 9.59 Å². The highest BCUT2D eigenvalue weighted by Crippen LogP contribution is 2.24. The quantitative estimate of drug-likeness (QED) is 0.755. The second-order valence-corrected chi connectivity index (χ2v) is 5.54. The molecule has 0 aromatic carbocycles. The molecule has 1 heterocycles. The van der Waals surface area contributed by atoms with Crippen molar-refractivity contribution in [2.24, 2.45) is 5.41 Å². The molecule has 1 N–H and O–H groups in total. The second kappa shape index (κ2) is 5.52. The molecule has 1 amide bonds.